The maximum absolute atomic E-state index is 12.0. The Labute approximate surface area is 143 Å². The lowest BCUT2D eigenvalue weighted by molar-refractivity contribution is -0.307. The van der Waals surface area contributed by atoms with E-state index >= 15 is 0 Å². The molecule has 2 rings (SSSR count). The number of carbonyl (C=O) groups is 2. The van der Waals surface area contributed by atoms with Crippen molar-refractivity contribution in [1.82, 2.24) is 4.90 Å². The minimum atomic E-state index is -1.32. The topological polar surface area (TPSA) is 78.9 Å². The number of aliphatic carboxylic acids is 1. The van der Waals surface area contributed by atoms with Crippen LogP contribution in [0.15, 0.2) is 23.1 Å². The predicted octanol–water partition coefficient (Wildman–Crippen LogP) is 1.04. The molecule has 0 radical (unpaired) electrons. The zero-order valence-electron chi connectivity index (χ0n) is 12.5. The highest BCUT2D eigenvalue weighted by molar-refractivity contribution is 8.26. The van der Waals surface area contributed by atoms with Crippen LogP contribution in [0.25, 0.3) is 6.08 Å². The number of hydrogen-bond acceptors (Lipinski definition) is 7. The Morgan fingerprint density at radius 3 is 2.70 bits per heavy atom. The van der Waals surface area contributed by atoms with Crippen LogP contribution < -0.4 is 14.6 Å². The second kappa shape index (κ2) is 7.47. The molecule has 1 amide bonds. The van der Waals surface area contributed by atoms with E-state index in [-0.39, 0.29) is 5.91 Å². The van der Waals surface area contributed by atoms with Gasteiger partial charge < -0.3 is 19.4 Å². The molecule has 1 aromatic rings. The van der Waals surface area contributed by atoms with Crippen LogP contribution in [-0.4, -0.2) is 41.4 Å². The van der Waals surface area contributed by atoms with Crippen LogP contribution in [-0.2, 0) is 9.59 Å². The van der Waals surface area contributed by atoms with Crippen molar-refractivity contribution in [1.29, 1.82) is 0 Å². The summed E-state index contributed by atoms with van der Waals surface area (Å²) in [6, 6.07) is 4.97. The summed E-state index contributed by atoms with van der Waals surface area (Å²) in [6.45, 7) is 1.63. The van der Waals surface area contributed by atoms with Gasteiger partial charge in [0.2, 0.25) is 0 Å². The van der Waals surface area contributed by atoms with Gasteiger partial charge in [-0.15, -0.1) is 0 Å². The minimum Gasteiger partial charge on any atom is -0.546 e. The smallest absolute Gasteiger partial charge is 0.265 e. The normalized spacial score (nSPS) is 16.1. The number of ether oxygens (including phenoxy) is 2. The van der Waals surface area contributed by atoms with E-state index in [2.05, 4.69) is 0 Å². The molecule has 1 aromatic carbocycles. The number of carboxylic acids is 1. The molecule has 1 aliphatic rings. The Balaban J connectivity index is 2.27. The maximum atomic E-state index is 12.0. The molecule has 1 heterocycles. The first-order valence-electron chi connectivity index (χ1n) is 6.73. The van der Waals surface area contributed by atoms with Gasteiger partial charge in [0.05, 0.1) is 17.5 Å². The van der Waals surface area contributed by atoms with Crippen LogP contribution in [0.5, 0.6) is 11.5 Å². The summed E-state index contributed by atoms with van der Waals surface area (Å²) in [5.41, 5.74) is 0.725. The molecule has 6 nitrogen and oxygen atoms in total. The van der Waals surface area contributed by atoms with Gasteiger partial charge in [-0.25, -0.2) is 0 Å². The van der Waals surface area contributed by atoms with Gasteiger partial charge in [-0.1, -0.05) is 30.0 Å². The third kappa shape index (κ3) is 4.23. The van der Waals surface area contributed by atoms with E-state index in [1.807, 2.05) is 0 Å². The highest BCUT2D eigenvalue weighted by Crippen LogP contribution is 2.34. The number of thioether (sulfide) groups is 1. The number of carboxylic acid groups (broad SMARTS) is 1. The van der Waals surface area contributed by atoms with E-state index < -0.39 is 12.6 Å². The molecule has 1 aliphatic heterocycles. The molecule has 0 atom stereocenters. The molecule has 122 valence electrons. The van der Waals surface area contributed by atoms with Crippen molar-refractivity contribution in [2.45, 2.75) is 6.92 Å². The van der Waals surface area contributed by atoms with Gasteiger partial charge in [-0.3, -0.25) is 9.69 Å². The standard InChI is InChI=1S/C15H15NO5S2/c1-3-20-11-6-9(4-5-10(11)21-8-13(17)18)7-12-14(19)16(2)15(22)23-12/h4-7H,3,8H2,1-2H3,(H,17,18)/p-1/b12-7+. The first-order chi connectivity index (χ1) is 10.9. The fourth-order valence-corrected chi connectivity index (χ4v) is 3.02. The fourth-order valence-electron chi connectivity index (χ4n) is 1.84. The third-order valence-corrected chi connectivity index (χ3v) is 4.38. The van der Waals surface area contributed by atoms with Crippen molar-refractivity contribution in [2.24, 2.45) is 0 Å². The van der Waals surface area contributed by atoms with Gasteiger partial charge in [-0.05, 0) is 30.7 Å². The summed E-state index contributed by atoms with van der Waals surface area (Å²) in [7, 11) is 1.63. The molecule has 0 spiro atoms. The summed E-state index contributed by atoms with van der Waals surface area (Å²) < 4.78 is 11.1. The Bertz CT molecular complexity index is 686. The largest absolute Gasteiger partial charge is 0.546 e. The van der Waals surface area contributed by atoms with Gasteiger partial charge in [0.15, 0.2) is 11.5 Å². The van der Waals surface area contributed by atoms with Crippen LogP contribution in [0.2, 0.25) is 0 Å². The second-order valence-electron chi connectivity index (χ2n) is 4.54. The second-order valence-corrected chi connectivity index (χ2v) is 6.22. The lowest BCUT2D eigenvalue weighted by Crippen LogP contribution is -2.29. The Hall–Kier alpha value is -2.06. The van der Waals surface area contributed by atoms with E-state index in [0.717, 1.165) is 5.56 Å². The van der Waals surface area contributed by atoms with Crippen molar-refractivity contribution in [3.05, 3.63) is 28.7 Å². The van der Waals surface area contributed by atoms with Gasteiger partial charge in [0.25, 0.3) is 5.91 Å². The van der Waals surface area contributed by atoms with Crippen LogP contribution in [0.1, 0.15) is 12.5 Å². The number of benzene rings is 1. The summed E-state index contributed by atoms with van der Waals surface area (Å²) in [5, 5.41) is 10.5. The number of carbonyl (C=O) groups excluding carboxylic acids is 2. The Kier molecular flexibility index (Phi) is 5.62. The molecule has 8 heteroatoms. The van der Waals surface area contributed by atoms with E-state index in [4.69, 9.17) is 21.7 Å². The average Bonchev–Trinajstić information content (AvgIpc) is 2.74. The third-order valence-electron chi connectivity index (χ3n) is 2.90. The van der Waals surface area contributed by atoms with Crippen molar-refractivity contribution < 1.29 is 24.2 Å². The van der Waals surface area contributed by atoms with Gasteiger partial charge in [0, 0.05) is 7.05 Å². The lowest BCUT2D eigenvalue weighted by Gasteiger charge is -2.13. The molecule has 0 saturated carbocycles. The number of nitrogens with zero attached hydrogens (tertiary/aromatic N) is 1. The van der Waals surface area contributed by atoms with E-state index in [1.165, 1.54) is 16.7 Å². The first kappa shape index (κ1) is 17.3. The SMILES string of the molecule is CCOc1cc(/C=C2/SC(=S)N(C)C2=O)ccc1OCC(=O)[O-]. The number of rotatable bonds is 6. The van der Waals surface area contributed by atoms with Crippen molar-refractivity contribution in [2.75, 3.05) is 20.3 Å². The molecule has 0 aliphatic carbocycles. The number of amides is 1. The Morgan fingerprint density at radius 2 is 2.13 bits per heavy atom. The van der Waals surface area contributed by atoms with E-state index in [1.54, 1.807) is 38.2 Å². The summed E-state index contributed by atoms with van der Waals surface area (Å²) in [4.78, 5) is 24.4. The van der Waals surface area contributed by atoms with Gasteiger partial charge in [-0.2, -0.15) is 0 Å². The molecular formula is C15H14NO5S2-. The number of hydrogen-bond donors (Lipinski definition) is 0. The quantitative estimate of drug-likeness (QED) is 0.559. The fraction of sp³-hybridized carbons (Fsp3) is 0.267. The number of likely N-dealkylation sites (N-methyl/N-ethyl adjacent to an activating group) is 1. The highest BCUT2D eigenvalue weighted by Gasteiger charge is 2.28. The van der Waals surface area contributed by atoms with Crippen LogP contribution in [0.4, 0.5) is 0 Å². The summed E-state index contributed by atoms with van der Waals surface area (Å²) >= 11 is 6.31. The average molecular weight is 352 g/mol. The number of thiocarbonyl (C=S) groups is 1. The molecular weight excluding hydrogens is 338 g/mol. The molecule has 0 unspecified atom stereocenters. The molecule has 1 fully saturated rings. The molecule has 23 heavy (non-hydrogen) atoms. The molecule has 0 aromatic heterocycles. The summed E-state index contributed by atoms with van der Waals surface area (Å²) in [5.74, 6) is -0.774. The van der Waals surface area contributed by atoms with Crippen LogP contribution in [0, 0.1) is 0 Å². The van der Waals surface area contributed by atoms with E-state index in [0.29, 0.717) is 27.3 Å². The lowest BCUT2D eigenvalue weighted by atomic mass is 10.2. The van der Waals surface area contributed by atoms with Crippen LogP contribution in [0.3, 0.4) is 0 Å². The Morgan fingerprint density at radius 1 is 1.39 bits per heavy atom. The zero-order chi connectivity index (χ0) is 17.0. The van der Waals surface area contributed by atoms with Gasteiger partial charge >= 0.3 is 0 Å². The minimum absolute atomic E-state index is 0.157. The van der Waals surface area contributed by atoms with Crippen LogP contribution >= 0.6 is 24.0 Å². The first-order valence-corrected chi connectivity index (χ1v) is 7.96. The zero-order valence-corrected chi connectivity index (χ0v) is 14.2. The predicted molar refractivity (Wildman–Crippen MR) is 89.0 cm³/mol. The van der Waals surface area contributed by atoms with Gasteiger partial charge in [0.1, 0.15) is 10.9 Å². The van der Waals surface area contributed by atoms with E-state index in [9.17, 15) is 14.7 Å². The highest BCUT2D eigenvalue weighted by atomic mass is 32.2. The van der Waals surface area contributed by atoms with Crippen molar-refractivity contribution in [3.63, 3.8) is 0 Å². The molecule has 0 N–H and O–H groups in total. The van der Waals surface area contributed by atoms with Crippen molar-refractivity contribution >= 4 is 46.3 Å². The molecule has 0 bridgehead atoms. The van der Waals surface area contributed by atoms with Crippen molar-refractivity contribution in [3.8, 4) is 11.5 Å². The summed E-state index contributed by atoms with van der Waals surface area (Å²) in [6.07, 6.45) is 1.70. The molecule has 1 saturated heterocycles. The monoisotopic (exact) mass is 352 g/mol. The maximum Gasteiger partial charge on any atom is 0.265 e.